The standard InChI is InChI=1S/C17H21ClN4O3/c1-2-25-17(24)22-9-6-13(7-10-22)20-14-4-3-12(18)11-15(14)21-16(23)5-8-19/h3-4,11,13,20H,2,5-7,9-10H2,1H3,(H,21,23). The third-order valence-electron chi connectivity index (χ3n) is 3.88. The number of amides is 2. The van der Waals surface area contributed by atoms with Gasteiger partial charge in [-0.2, -0.15) is 5.26 Å². The van der Waals surface area contributed by atoms with Crippen LogP contribution in [0.1, 0.15) is 26.2 Å². The van der Waals surface area contributed by atoms with Crippen molar-refractivity contribution < 1.29 is 14.3 Å². The highest BCUT2D eigenvalue weighted by atomic mass is 35.5. The molecular formula is C17H21ClN4O3. The van der Waals surface area contributed by atoms with Gasteiger partial charge < -0.3 is 20.3 Å². The fraction of sp³-hybridized carbons (Fsp3) is 0.471. The largest absolute Gasteiger partial charge is 0.450 e. The molecule has 25 heavy (non-hydrogen) atoms. The molecule has 134 valence electrons. The number of ether oxygens (including phenoxy) is 1. The molecule has 0 aliphatic carbocycles. The van der Waals surface area contributed by atoms with Crippen LogP contribution in [0, 0.1) is 11.3 Å². The van der Waals surface area contributed by atoms with Gasteiger partial charge >= 0.3 is 6.09 Å². The third-order valence-corrected chi connectivity index (χ3v) is 4.11. The van der Waals surface area contributed by atoms with Crippen molar-refractivity contribution in [2.45, 2.75) is 32.2 Å². The smallest absolute Gasteiger partial charge is 0.409 e. The predicted molar refractivity (Wildman–Crippen MR) is 95.6 cm³/mol. The molecule has 0 saturated carbocycles. The van der Waals surface area contributed by atoms with E-state index in [4.69, 9.17) is 21.6 Å². The molecule has 7 nitrogen and oxygen atoms in total. The van der Waals surface area contributed by atoms with Gasteiger partial charge in [-0.15, -0.1) is 0 Å². The molecular weight excluding hydrogens is 344 g/mol. The predicted octanol–water partition coefficient (Wildman–Crippen LogP) is 3.22. The fourth-order valence-corrected chi connectivity index (χ4v) is 2.83. The number of piperidine rings is 1. The average Bonchev–Trinajstić information content (AvgIpc) is 2.58. The molecule has 1 aromatic carbocycles. The highest BCUT2D eigenvalue weighted by molar-refractivity contribution is 6.31. The number of hydrogen-bond donors (Lipinski definition) is 2. The molecule has 1 aliphatic rings. The molecule has 2 amide bonds. The Hall–Kier alpha value is -2.46. The number of rotatable bonds is 5. The van der Waals surface area contributed by atoms with Crippen molar-refractivity contribution in [1.29, 1.82) is 5.26 Å². The van der Waals surface area contributed by atoms with Gasteiger partial charge in [0.25, 0.3) is 0 Å². The summed E-state index contributed by atoms with van der Waals surface area (Å²) in [4.78, 5) is 25.1. The molecule has 2 N–H and O–H groups in total. The summed E-state index contributed by atoms with van der Waals surface area (Å²) in [5.41, 5.74) is 1.28. The lowest BCUT2D eigenvalue weighted by atomic mass is 10.0. The van der Waals surface area contributed by atoms with E-state index in [1.807, 2.05) is 6.07 Å². The van der Waals surface area contributed by atoms with Gasteiger partial charge in [-0.25, -0.2) is 4.79 Å². The van der Waals surface area contributed by atoms with Crippen molar-refractivity contribution >= 4 is 35.0 Å². The monoisotopic (exact) mass is 364 g/mol. The van der Waals surface area contributed by atoms with Crippen LogP contribution in [0.4, 0.5) is 16.2 Å². The summed E-state index contributed by atoms with van der Waals surface area (Å²) in [6, 6.07) is 7.15. The molecule has 1 heterocycles. The minimum atomic E-state index is -0.384. The molecule has 1 fully saturated rings. The zero-order chi connectivity index (χ0) is 18.2. The second kappa shape index (κ2) is 9.14. The molecule has 1 aliphatic heterocycles. The van der Waals surface area contributed by atoms with Crippen LogP contribution in [0.2, 0.25) is 5.02 Å². The Labute approximate surface area is 151 Å². The Morgan fingerprint density at radius 1 is 1.36 bits per heavy atom. The van der Waals surface area contributed by atoms with Crippen LogP contribution in [0.5, 0.6) is 0 Å². The van der Waals surface area contributed by atoms with Crippen molar-refractivity contribution in [3.63, 3.8) is 0 Å². The van der Waals surface area contributed by atoms with Crippen LogP contribution in [0.15, 0.2) is 18.2 Å². The first-order valence-corrected chi connectivity index (χ1v) is 8.56. The first-order chi connectivity index (χ1) is 12.0. The van der Waals surface area contributed by atoms with Crippen LogP contribution < -0.4 is 10.6 Å². The molecule has 1 saturated heterocycles. The van der Waals surface area contributed by atoms with Crippen LogP contribution in [-0.2, 0) is 9.53 Å². The maximum atomic E-state index is 11.7. The lowest BCUT2D eigenvalue weighted by Crippen LogP contribution is -2.42. The van der Waals surface area contributed by atoms with Gasteiger partial charge in [0.05, 0.1) is 24.1 Å². The van der Waals surface area contributed by atoms with E-state index >= 15 is 0 Å². The van der Waals surface area contributed by atoms with Gasteiger partial charge in [-0.3, -0.25) is 4.79 Å². The molecule has 0 bridgehead atoms. The number of anilines is 2. The first kappa shape index (κ1) is 18.9. The zero-order valence-corrected chi connectivity index (χ0v) is 14.8. The van der Waals surface area contributed by atoms with E-state index < -0.39 is 0 Å². The second-order valence-corrected chi connectivity index (χ2v) is 6.11. The Morgan fingerprint density at radius 2 is 2.08 bits per heavy atom. The Balaban J connectivity index is 1.98. The highest BCUT2D eigenvalue weighted by Crippen LogP contribution is 2.28. The molecule has 0 radical (unpaired) electrons. The third kappa shape index (κ3) is 5.54. The van der Waals surface area contributed by atoms with Crippen molar-refractivity contribution in [3.8, 4) is 6.07 Å². The van der Waals surface area contributed by atoms with Gasteiger partial charge in [0.1, 0.15) is 6.42 Å². The summed E-state index contributed by atoms with van der Waals surface area (Å²) in [6.45, 7) is 3.38. The summed E-state index contributed by atoms with van der Waals surface area (Å²) >= 11 is 6.00. The van der Waals surface area contributed by atoms with Crippen LogP contribution in [-0.4, -0.2) is 42.6 Å². The number of likely N-dealkylation sites (tertiary alicyclic amines) is 1. The molecule has 0 aromatic heterocycles. The number of nitrogens with zero attached hydrogens (tertiary/aromatic N) is 2. The number of halogens is 1. The minimum Gasteiger partial charge on any atom is -0.450 e. The van der Waals surface area contributed by atoms with E-state index in [-0.39, 0.29) is 24.5 Å². The van der Waals surface area contributed by atoms with E-state index in [0.717, 1.165) is 18.5 Å². The highest BCUT2D eigenvalue weighted by Gasteiger charge is 2.24. The van der Waals surface area contributed by atoms with Gasteiger partial charge in [-0.05, 0) is 38.0 Å². The molecule has 0 unspecified atom stereocenters. The normalized spacial score (nSPS) is 14.5. The summed E-state index contributed by atoms with van der Waals surface area (Å²) < 4.78 is 5.01. The summed E-state index contributed by atoms with van der Waals surface area (Å²) in [5, 5.41) is 15.2. The molecule has 0 spiro atoms. The van der Waals surface area contributed by atoms with E-state index in [1.165, 1.54) is 0 Å². The summed E-state index contributed by atoms with van der Waals surface area (Å²) in [7, 11) is 0. The van der Waals surface area contributed by atoms with Gasteiger partial charge in [0.15, 0.2) is 0 Å². The summed E-state index contributed by atoms with van der Waals surface area (Å²) in [6.07, 6.45) is 1.04. The van der Waals surface area contributed by atoms with Crippen molar-refractivity contribution in [2.24, 2.45) is 0 Å². The number of carbonyl (C=O) groups is 2. The number of benzene rings is 1. The minimum absolute atomic E-state index is 0.165. The fourth-order valence-electron chi connectivity index (χ4n) is 2.65. The molecule has 0 atom stereocenters. The number of nitrogens with one attached hydrogen (secondary N) is 2. The van der Waals surface area contributed by atoms with Gasteiger partial charge in [0, 0.05) is 24.2 Å². The lowest BCUT2D eigenvalue weighted by molar-refractivity contribution is -0.115. The van der Waals surface area contributed by atoms with E-state index in [9.17, 15) is 9.59 Å². The molecule has 1 aromatic rings. The Kier molecular flexibility index (Phi) is 6.90. The average molecular weight is 365 g/mol. The quantitative estimate of drug-likeness (QED) is 0.836. The van der Waals surface area contributed by atoms with Crippen molar-refractivity contribution in [3.05, 3.63) is 23.2 Å². The van der Waals surface area contributed by atoms with Gasteiger partial charge in [0.2, 0.25) is 5.91 Å². The lowest BCUT2D eigenvalue weighted by Gasteiger charge is -2.32. The van der Waals surface area contributed by atoms with Crippen LogP contribution in [0.25, 0.3) is 0 Å². The Bertz CT molecular complexity index is 666. The first-order valence-electron chi connectivity index (χ1n) is 8.18. The topological polar surface area (TPSA) is 94.5 Å². The number of hydrogen-bond acceptors (Lipinski definition) is 5. The molecule has 2 rings (SSSR count). The van der Waals surface area contributed by atoms with E-state index in [0.29, 0.717) is 30.4 Å². The van der Waals surface area contributed by atoms with E-state index in [1.54, 1.807) is 30.0 Å². The maximum absolute atomic E-state index is 11.7. The Morgan fingerprint density at radius 3 is 2.72 bits per heavy atom. The van der Waals surface area contributed by atoms with E-state index in [2.05, 4.69) is 10.6 Å². The SMILES string of the molecule is CCOC(=O)N1CCC(Nc2ccc(Cl)cc2NC(=O)CC#N)CC1. The second-order valence-electron chi connectivity index (χ2n) is 5.68. The number of nitriles is 1. The maximum Gasteiger partial charge on any atom is 0.409 e. The summed E-state index contributed by atoms with van der Waals surface area (Å²) in [5.74, 6) is -0.384. The number of carbonyl (C=O) groups excluding carboxylic acids is 2. The van der Waals surface area contributed by atoms with Crippen LogP contribution in [0.3, 0.4) is 0 Å². The van der Waals surface area contributed by atoms with Crippen molar-refractivity contribution in [2.75, 3.05) is 30.3 Å². The van der Waals surface area contributed by atoms with Crippen molar-refractivity contribution in [1.82, 2.24) is 4.90 Å². The van der Waals surface area contributed by atoms with Gasteiger partial charge in [-0.1, -0.05) is 11.6 Å². The zero-order valence-electron chi connectivity index (χ0n) is 14.0. The van der Waals surface area contributed by atoms with Crippen LogP contribution >= 0.6 is 11.6 Å². The molecule has 8 heteroatoms.